The van der Waals surface area contributed by atoms with Gasteiger partial charge in [-0.05, 0) is 19.8 Å². The van der Waals surface area contributed by atoms with Gasteiger partial charge in [0.1, 0.15) is 5.54 Å². The Morgan fingerprint density at radius 2 is 2.08 bits per heavy atom. The second-order valence-corrected chi connectivity index (χ2v) is 8.02. The maximum atomic E-state index is 13.1. The molecule has 2 heterocycles. The second kappa shape index (κ2) is 7.93. The largest absolute Gasteiger partial charge is 0.379 e. The molecule has 1 unspecified atom stereocenters. The van der Waals surface area contributed by atoms with E-state index in [1.807, 2.05) is 6.92 Å². The maximum absolute atomic E-state index is 13.1. The molecule has 1 amide bonds. The Morgan fingerprint density at radius 3 is 2.71 bits per heavy atom. The van der Waals surface area contributed by atoms with Gasteiger partial charge in [-0.15, -0.1) is 11.3 Å². The summed E-state index contributed by atoms with van der Waals surface area (Å²) < 4.78 is 5.49. The van der Waals surface area contributed by atoms with Crippen molar-refractivity contribution in [1.82, 2.24) is 15.2 Å². The van der Waals surface area contributed by atoms with Crippen LogP contribution in [0.25, 0.3) is 0 Å². The number of nitrogens with zero attached hydrogens (tertiary/aromatic N) is 2. The van der Waals surface area contributed by atoms with E-state index < -0.39 is 0 Å². The zero-order valence-electron chi connectivity index (χ0n) is 14.8. The average Bonchev–Trinajstić information content (AvgIpc) is 3.07. The van der Waals surface area contributed by atoms with Crippen molar-refractivity contribution in [3.8, 4) is 0 Å². The van der Waals surface area contributed by atoms with Crippen molar-refractivity contribution in [2.45, 2.75) is 57.4 Å². The van der Waals surface area contributed by atoms with Crippen molar-refractivity contribution in [1.29, 1.82) is 0 Å². The van der Waals surface area contributed by atoms with E-state index in [1.54, 1.807) is 11.3 Å². The monoisotopic (exact) mass is 351 g/mol. The molecule has 0 radical (unpaired) electrons. The van der Waals surface area contributed by atoms with E-state index in [9.17, 15) is 4.79 Å². The number of aromatic nitrogens is 1. The normalized spacial score (nSPS) is 22.9. The highest BCUT2D eigenvalue weighted by Gasteiger charge is 2.44. The van der Waals surface area contributed by atoms with E-state index in [0.717, 1.165) is 62.7 Å². The minimum atomic E-state index is -0.319. The highest BCUT2D eigenvalue weighted by Crippen LogP contribution is 2.34. The van der Waals surface area contributed by atoms with Crippen LogP contribution in [-0.2, 0) is 9.53 Å². The Kier molecular flexibility index (Phi) is 5.89. The Bertz CT molecular complexity index is 548. The highest BCUT2D eigenvalue weighted by molar-refractivity contribution is 7.09. The van der Waals surface area contributed by atoms with Gasteiger partial charge < -0.3 is 10.1 Å². The van der Waals surface area contributed by atoms with Gasteiger partial charge in [0.25, 0.3) is 0 Å². The molecule has 1 aliphatic heterocycles. The van der Waals surface area contributed by atoms with E-state index >= 15 is 0 Å². The van der Waals surface area contributed by atoms with Crippen LogP contribution >= 0.6 is 11.3 Å². The third-order valence-corrected chi connectivity index (χ3v) is 6.54. The van der Waals surface area contributed by atoms with Gasteiger partial charge in [0.15, 0.2) is 0 Å². The van der Waals surface area contributed by atoms with Gasteiger partial charge in [-0.25, -0.2) is 4.98 Å². The van der Waals surface area contributed by atoms with Crippen LogP contribution in [0, 0.1) is 6.92 Å². The van der Waals surface area contributed by atoms with E-state index in [-0.39, 0.29) is 17.4 Å². The molecular formula is C18H29N3O2S. The molecule has 1 atom stereocenters. The summed E-state index contributed by atoms with van der Waals surface area (Å²) in [5.41, 5.74) is 0.742. The van der Waals surface area contributed by atoms with Crippen LogP contribution in [0.4, 0.5) is 0 Å². The van der Waals surface area contributed by atoms with Gasteiger partial charge in [0.05, 0.1) is 18.2 Å². The van der Waals surface area contributed by atoms with Crippen LogP contribution in [0.1, 0.15) is 55.6 Å². The van der Waals surface area contributed by atoms with Gasteiger partial charge in [-0.2, -0.15) is 0 Å². The molecule has 1 N–H and O–H groups in total. The third kappa shape index (κ3) is 3.81. The number of rotatable bonds is 5. The quantitative estimate of drug-likeness (QED) is 0.886. The summed E-state index contributed by atoms with van der Waals surface area (Å²) in [5.74, 6) is 0.474. The summed E-state index contributed by atoms with van der Waals surface area (Å²) in [5, 5.41) is 6.42. The van der Waals surface area contributed by atoms with Gasteiger partial charge in [-0.1, -0.05) is 26.2 Å². The van der Waals surface area contributed by atoms with Gasteiger partial charge in [0.2, 0.25) is 5.91 Å². The molecule has 1 aromatic rings. The smallest absolute Gasteiger partial charge is 0.240 e. The summed E-state index contributed by atoms with van der Waals surface area (Å²) in [6, 6.07) is 0. The molecule has 2 aliphatic rings. The number of carbonyl (C=O) groups excluding carboxylic acids is 1. The van der Waals surface area contributed by atoms with E-state index in [2.05, 4.69) is 27.5 Å². The molecule has 1 saturated carbocycles. The first kappa shape index (κ1) is 17.8. The molecule has 1 aromatic heterocycles. The summed E-state index contributed by atoms with van der Waals surface area (Å²) in [4.78, 5) is 20.1. The summed E-state index contributed by atoms with van der Waals surface area (Å²) in [6.45, 7) is 8.04. The number of nitrogens with one attached hydrogen (secondary N) is 1. The lowest BCUT2D eigenvalue weighted by Crippen LogP contribution is -2.62. The Balaban J connectivity index is 1.65. The van der Waals surface area contributed by atoms with Gasteiger partial charge in [-0.3, -0.25) is 9.69 Å². The predicted octanol–water partition coefficient (Wildman–Crippen LogP) is 2.71. The van der Waals surface area contributed by atoms with Crippen LogP contribution < -0.4 is 5.32 Å². The molecule has 1 saturated heterocycles. The lowest BCUT2D eigenvalue weighted by molar-refractivity contribution is -0.140. The Morgan fingerprint density at radius 1 is 1.38 bits per heavy atom. The standard InChI is InChI=1S/C18H29N3O2S/c1-14(16-20-15(2)13-24-16)12-19-17(22)18(6-4-3-5-7-18)21-8-10-23-11-9-21/h13-14H,3-12H2,1-2H3,(H,19,22). The number of thiazole rings is 1. The fourth-order valence-electron chi connectivity index (χ4n) is 3.91. The molecule has 24 heavy (non-hydrogen) atoms. The minimum absolute atomic E-state index is 0.212. The van der Waals surface area contributed by atoms with E-state index in [4.69, 9.17) is 4.74 Å². The number of ether oxygens (including phenoxy) is 1. The molecule has 6 heteroatoms. The first-order valence-electron chi connectivity index (χ1n) is 9.15. The maximum Gasteiger partial charge on any atom is 0.240 e. The van der Waals surface area contributed by atoms with Crippen molar-refractivity contribution >= 4 is 17.2 Å². The molecule has 0 spiro atoms. The summed E-state index contributed by atoms with van der Waals surface area (Å²) >= 11 is 1.68. The molecular weight excluding hydrogens is 322 g/mol. The van der Waals surface area contributed by atoms with Crippen molar-refractivity contribution in [2.24, 2.45) is 0 Å². The number of hydrogen-bond donors (Lipinski definition) is 1. The van der Waals surface area contributed by atoms with Crippen molar-refractivity contribution in [3.05, 3.63) is 16.1 Å². The Labute approximate surface area is 148 Å². The van der Waals surface area contributed by atoms with Crippen molar-refractivity contribution in [2.75, 3.05) is 32.8 Å². The van der Waals surface area contributed by atoms with Crippen LogP contribution in [0.3, 0.4) is 0 Å². The summed E-state index contributed by atoms with van der Waals surface area (Å²) in [6.07, 6.45) is 5.49. The first-order valence-corrected chi connectivity index (χ1v) is 10.0. The summed E-state index contributed by atoms with van der Waals surface area (Å²) in [7, 11) is 0. The molecule has 5 nitrogen and oxygen atoms in total. The minimum Gasteiger partial charge on any atom is -0.379 e. The number of aryl methyl sites for hydroxylation is 1. The topological polar surface area (TPSA) is 54.5 Å². The molecule has 134 valence electrons. The predicted molar refractivity (Wildman–Crippen MR) is 96.5 cm³/mol. The molecule has 1 aliphatic carbocycles. The SMILES string of the molecule is Cc1csc(C(C)CNC(=O)C2(N3CCOCC3)CCCCC2)n1. The zero-order chi connectivity index (χ0) is 17.0. The van der Waals surface area contributed by atoms with Crippen LogP contribution in [0.15, 0.2) is 5.38 Å². The van der Waals surface area contributed by atoms with Crippen LogP contribution in [0.2, 0.25) is 0 Å². The highest BCUT2D eigenvalue weighted by atomic mass is 32.1. The molecule has 0 aromatic carbocycles. The van der Waals surface area contributed by atoms with Crippen LogP contribution in [0.5, 0.6) is 0 Å². The van der Waals surface area contributed by atoms with Crippen molar-refractivity contribution in [3.63, 3.8) is 0 Å². The van der Waals surface area contributed by atoms with E-state index in [1.165, 1.54) is 6.42 Å². The fraction of sp³-hybridized carbons (Fsp3) is 0.778. The fourth-order valence-corrected chi connectivity index (χ4v) is 4.77. The molecule has 3 rings (SSSR count). The molecule has 0 bridgehead atoms. The lowest BCUT2D eigenvalue weighted by Gasteiger charge is -2.46. The number of amides is 1. The van der Waals surface area contributed by atoms with Crippen LogP contribution in [-0.4, -0.2) is 54.2 Å². The number of morpholine rings is 1. The zero-order valence-corrected chi connectivity index (χ0v) is 15.7. The van der Waals surface area contributed by atoms with Crippen molar-refractivity contribution < 1.29 is 9.53 Å². The average molecular weight is 352 g/mol. The number of carbonyl (C=O) groups is 1. The molecule has 2 fully saturated rings. The number of hydrogen-bond acceptors (Lipinski definition) is 5. The van der Waals surface area contributed by atoms with E-state index in [0.29, 0.717) is 6.54 Å². The van der Waals surface area contributed by atoms with Gasteiger partial charge >= 0.3 is 0 Å². The Hall–Kier alpha value is -0.980. The van der Waals surface area contributed by atoms with Gasteiger partial charge in [0, 0.05) is 36.6 Å². The lowest BCUT2D eigenvalue weighted by atomic mass is 9.79. The third-order valence-electron chi connectivity index (χ3n) is 5.35. The first-order chi connectivity index (χ1) is 11.6. The second-order valence-electron chi connectivity index (χ2n) is 7.13.